The van der Waals surface area contributed by atoms with E-state index in [9.17, 15) is 13.2 Å². The number of aryl methyl sites for hydroxylation is 1. The Hall–Kier alpha value is -2.55. The summed E-state index contributed by atoms with van der Waals surface area (Å²) in [4.78, 5) is 8.90. The van der Waals surface area contributed by atoms with E-state index >= 15 is 0 Å². The summed E-state index contributed by atoms with van der Waals surface area (Å²) in [6.07, 6.45) is 0.265. The predicted molar refractivity (Wildman–Crippen MR) is 106 cm³/mol. The molecule has 0 radical (unpaired) electrons. The number of benzene rings is 1. The first-order chi connectivity index (χ1) is 14.2. The van der Waals surface area contributed by atoms with Crippen molar-refractivity contribution < 1.29 is 27.8 Å². The highest BCUT2D eigenvalue weighted by Gasteiger charge is 2.38. The molecule has 0 spiro atoms. The molecule has 1 saturated carbocycles. The van der Waals surface area contributed by atoms with Gasteiger partial charge in [-0.1, -0.05) is 42.7 Å². The Balaban J connectivity index is 0.000000396. The van der Waals surface area contributed by atoms with E-state index in [4.69, 9.17) is 19.7 Å². The Morgan fingerprint density at radius 3 is 2.40 bits per heavy atom. The molecule has 1 fully saturated rings. The monoisotopic (exact) mass is 427 g/mol. The lowest BCUT2D eigenvalue weighted by molar-refractivity contribution is -0.192. The SMILES string of the molecule is CNCc1cc(OCc2ccc(C)cc2)n(CC2CCCC2)n1.O=C(O)C(F)(F)F. The summed E-state index contributed by atoms with van der Waals surface area (Å²) >= 11 is 0. The van der Waals surface area contributed by atoms with Crippen LogP contribution in [0.5, 0.6) is 5.88 Å². The lowest BCUT2D eigenvalue weighted by Gasteiger charge is -2.13. The summed E-state index contributed by atoms with van der Waals surface area (Å²) in [7, 11) is 1.95. The molecule has 6 nitrogen and oxygen atoms in total. The standard InChI is InChI=1S/C19H27N3O.C2HF3O2/c1-15-7-9-17(10-8-15)14-23-19-11-18(12-20-2)21-22(19)13-16-5-3-4-6-16;3-2(4,5)1(6)7/h7-11,16,20H,3-6,12-14H2,1-2H3;(H,6,7). The number of hydrogen-bond donors (Lipinski definition) is 2. The van der Waals surface area contributed by atoms with Gasteiger partial charge in [-0.3, -0.25) is 0 Å². The molecular formula is C21H28F3N3O3. The highest BCUT2D eigenvalue weighted by molar-refractivity contribution is 5.73. The fraction of sp³-hybridized carbons (Fsp3) is 0.524. The van der Waals surface area contributed by atoms with Crippen LogP contribution in [-0.4, -0.2) is 34.1 Å². The number of rotatable bonds is 7. The van der Waals surface area contributed by atoms with Crippen molar-refractivity contribution in [3.05, 3.63) is 47.2 Å². The summed E-state index contributed by atoms with van der Waals surface area (Å²) in [6, 6.07) is 10.6. The number of aromatic nitrogens is 2. The van der Waals surface area contributed by atoms with E-state index in [0.29, 0.717) is 6.61 Å². The third-order valence-electron chi connectivity index (χ3n) is 4.81. The average Bonchev–Trinajstić information content (AvgIpc) is 3.32. The molecule has 3 rings (SSSR count). The van der Waals surface area contributed by atoms with E-state index in [1.54, 1.807) is 0 Å². The van der Waals surface area contributed by atoms with Gasteiger partial charge in [-0.25, -0.2) is 9.48 Å². The normalized spacial score (nSPS) is 14.3. The summed E-state index contributed by atoms with van der Waals surface area (Å²) in [6.45, 7) is 4.45. The molecule has 1 heterocycles. The van der Waals surface area contributed by atoms with Crippen LogP contribution in [0.1, 0.15) is 42.5 Å². The Bertz CT molecular complexity index is 798. The van der Waals surface area contributed by atoms with Crippen molar-refractivity contribution in [1.29, 1.82) is 0 Å². The number of ether oxygens (including phenoxy) is 1. The maximum atomic E-state index is 10.6. The summed E-state index contributed by atoms with van der Waals surface area (Å²) < 4.78 is 39.9. The van der Waals surface area contributed by atoms with Gasteiger partial charge in [0.25, 0.3) is 0 Å². The molecule has 1 aromatic carbocycles. The third-order valence-corrected chi connectivity index (χ3v) is 4.81. The molecule has 0 aliphatic heterocycles. The predicted octanol–water partition coefficient (Wildman–Crippen LogP) is 4.31. The van der Waals surface area contributed by atoms with Gasteiger partial charge in [0.05, 0.1) is 5.69 Å². The average molecular weight is 427 g/mol. The van der Waals surface area contributed by atoms with Gasteiger partial charge in [0.15, 0.2) is 0 Å². The first kappa shape index (κ1) is 23.7. The second-order valence-corrected chi connectivity index (χ2v) is 7.41. The van der Waals surface area contributed by atoms with E-state index in [0.717, 1.165) is 30.6 Å². The molecule has 2 aromatic rings. The first-order valence-electron chi connectivity index (χ1n) is 9.89. The maximum absolute atomic E-state index is 10.6. The van der Waals surface area contributed by atoms with E-state index < -0.39 is 12.1 Å². The van der Waals surface area contributed by atoms with Crippen LogP contribution < -0.4 is 10.1 Å². The second kappa shape index (κ2) is 11.0. The van der Waals surface area contributed by atoms with Crippen LogP contribution in [0.25, 0.3) is 0 Å². The number of nitrogens with one attached hydrogen (secondary N) is 1. The van der Waals surface area contributed by atoms with Gasteiger partial charge >= 0.3 is 12.1 Å². The van der Waals surface area contributed by atoms with Gasteiger partial charge in [-0.2, -0.15) is 18.3 Å². The molecule has 0 unspecified atom stereocenters. The molecule has 0 bridgehead atoms. The molecule has 166 valence electrons. The number of aliphatic carboxylic acids is 1. The van der Waals surface area contributed by atoms with Crippen LogP contribution in [0.3, 0.4) is 0 Å². The van der Waals surface area contributed by atoms with Crippen LogP contribution in [0.2, 0.25) is 0 Å². The Kier molecular flexibility index (Phi) is 8.71. The number of carbonyl (C=O) groups is 1. The van der Waals surface area contributed by atoms with Crippen molar-refractivity contribution in [2.75, 3.05) is 7.05 Å². The lowest BCUT2D eigenvalue weighted by atomic mass is 10.1. The number of halogens is 3. The topological polar surface area (TPSA) is 76.4 Å². The molecule has 2 N–H and O–H groups in total. The van der Waals surface area contributed by atoms with Crippen LogP contribution in [0, 0.1) is 12.8 Å². The summed E-state index contributed by atoms with van der Waals surface area (Å²) in [5, 5.41) is 15.0. The highest BCUT2D eigenvalue weighted by atomic mass is 19.4. The Labute approximate surface area is 174 Å². The fourth-order valence-corrected chi connectivity index (χ4v) is 3.24. The molecule has 9 heteroatoms. The largest absolute Gasteiger partial charge is 0.490 e. The van der Waals surface area contributed by atoms with Crippen LogP contribution >= 0.6 is 0 Å². The quantitative estimate of drug-likeness (QED) is 0.689. The van der Waals surface area contributed by atoms with Gasteiger partial charge in [-0.15, -0.1) is 0 Å². The zero-order valence-electron chi connectivity index (χ0n) is 17.2. The van der Waals surface area contributed by atoms with Crippen molar-refractivity contribution in [2.45, 2.75) is 58.5 Å². The Morgan fingerprint density at radius 1 is 1.27 bits per heavy atom. The number of nitrogens with zero attached hydrogens (tertiary/aromatic N) is 2. The minimum absolute atomic E-state index is 0.593. The summed E-state index contributed by atoms with van der Waals surface area (Å²) in [5.74, 6) is -1.12. The molecular weight excluding hydrogens is 399 g/mol. The molecule has 0 atom stereocenters. The number of alkyl halides is 3. The number of carboxylic acids is 1. The molecule has 1 aliphatic rings. The van der Waals surface area contributed by atoms with E-state index in [1.165, 1.54) is 36.8 Å². The third kappa shape index (κ3) is 7.70. The van der Waals surface area contributed by atoms with Crippen molar-refractivity contribution in [2.24, 2.45) is 5.92 Å². The molecule has 30 heavy (non-hydrogen) atoms. The smallest absolute Gasteiger partial charge is 0.475 e. The van der Waals surface area contributed by atoms with Gasteiger partial charge in [0.1, 0.15) is 6.61 Å². The van der Waals surface area contributed by atoms with Crippen LogP contribution in [-0.2, 0) is 24.5 Å². The van der Waals surface area contributed by atoms with Gasteiger partial charge in [0.2, 0.25) is 5.88 Å². The molecule has 1 aromatic heterocycles. The lowest BCUT2D eigenvalue weighted by Crippen LogP contribution is -2.21. The van der Waals surface area contributed by atoms with E-state index in [2.05, 4.69) is 47.3 Å². The number of carboxylic acid groups (broad SMARTS) is 1. The van der Waals surface area contributed by atoms with E-state index in [1.807, 2.05) is 7.05 Å². The summed E-state index contributed by atoms with van der Waals surface area (Å²) in [5.41, 5.74) is 3.51. The zero-order valence-corrected chi connectivity index (χ0v) is 17.2. The fourth-order valence-electron chi connectivity index (χ4n) is 3.24. The first-order valence-corrected chi connectivity index (χ1v) is 9.89. The van der Waals surface area contributed by atoms with Gasteiger partial charge < -0.3 is 15.2 Å². The number of hydrogen-bond acceptors (Lipinski definition) is 4. The van der Waals surface area contributed by atoms with Crippen molar-refractivity contribution in [3.8, 4) is 5.88 Å². The van der Waals surface area contributed by atoms with Gasteiger partial charge in [-0.05, 0) is 38.3 Å². The zero-order chi connectivity index (χ0) is 22.1. The molecule has 1 aliphatic carbocycles. The van der Waals surface area contributed by atoms with Crippen LogP contribution in [0.4, 0.5) is 13.2 Å². The molecule has 0 saturated heterocycles. The van der Waals surface area contributed by atoms with Crippen molar-refractivity contribution in [3.63, 3.8) is 0 Å². The van der Waals surface area contributed by atoms with Gasteiger partial charge in [0, 0.05) is 19.2 Å². The van der Waals surface area contributed by atoms with Crippen LogP contribution in [0.15, 0.2) is 30.3 Å². The maximum Gasteiger partial charge on any atom is 0.490 e. The van der Waals surface area contributed by atoms with E-state index in [-0.39, 0.29) is 0 Å². The Morgan fingerprint density at radius 2 is 1.87 bits per heavy atom. The van der Waals surface area contributed by atoms with Crippen molar-refractivity contribution in [1.82, 2.24) is 15.1 Å². The minimum atomic E-state index is -5.08. The minimum Gasteiger partial charge on any atom is -0.475 e. The highest BCUT2D eigenvalue weighted by Crippen LogP contribution is 2.28. The molecule has 0 amide bonds. The second-order valence-electron chi connectivity index (χ2n) is 7.41. The van der Waals surface area contributed by atoms with Crippen molar-refractivity contribution >= 4 is 5.97 Å².